The van der Waals surface area contributed by atoms with E-state index in [-0.39, 0.29) is 11.8 Å². The SMILES string of the molecule is CC(C(=O)NCC1CCN(C(C)C)C1)C1CNC1. The molecule has 2 heterocycles. The monoisotopic (exact) mass is 253 g/mol. The highest BCUT2D eigenvalue weighted by Crippen LogP contribution is 2.19. The topological polar surface area (TPSA) is 44.4 Å². The Bertz CT molecular complexity index is 289. The summed E-state index contributed by atoms with van der Waals surface area (Å²) in [7, 11) is 0. The van der Waals surface area contributed by atoms with E-state index in [1.54, 1.807) is 0 Å². The maximum absolute atomic E-state index is 12.0. The molecule has 0 saturated carbocycles. The van der Waals surface area contributed by atoms with E-state index in [9.17, 15) is 4.79 Å². The third kappa shape index (κ3) is 3.23. The fraction of sp³-hybridized carbons (Fsp3) is 0.929. The normalized spacial score (nSPS) is 27.2. The summed E-state index contributed by atoms with van der Waals surface area (Å²) in [6.45, 7) is 11.7. The minimum atomic E-state index is 0.161. The summed E-state index contributed by atoms with van der Waals surface area (Å²) in [5.41, 5.74) is 0. The molecule has 2 aliphatic rings. The molecule has 0 aromatic carbocycles. The van der Waals surface area contributed by atoms with Crippen molar-refractivity contribution in [1.29, 1.82) is 0 Å². The van der Waals surface area contributed by atoms with Crippen LogP contribution in [0.4, 0.5) is 0 Å². The molecule has 1 amide bonds. The number of carbonyl (C=O) groups is 1. The molecule has 0 radical (unpaired) electrons. The first kappa shape index (κ1) is 13.8. The molecular weight excluding hydrogens is 226 g/mol. The second kappa shape index (κ2) is 6.02. The Morgan fingerprint density at radius 3 is 2.61 bits per heavy atom. The van der Waals surface area contributed by atoms with Gasteiger partial charge in [0, 0.05) is 25.0 Å². The fourth-order valence-electron chi connectivity index (χ4n) is 2.78. The summed E-state index contributed by atoms with van der Waals surface area (Å²) in [4.78, 5) is 14.5. The lowest BCUT2D eigenvalue weighted by Crippen LogP contribution is -2.50. The Morgan fingerprint density at radius 2 is 2.11 bits per heavy atom. The largest absolute Gasteiger partial charge is 0.356 e. The fourth-order valence-corrected chi connectivity index (χ4v) is 2.78. The van der Waals surface area contributed by atoms with Crippen molar-refractivity contribution < 1.29 is 4.79 Å². The van der Waals surface area contributed by atoms with Crippen molar-refractivity contribution >= 4 is 5.91 Å². The number of hydrogen-bond donors (Lipinski definition) is 2. The Hall–Kier alpha value is -0.610. The summed E-state index contributed by atoms with van der Waals surface area (Å²) >= 11 is 0. The number of hydrogen-bond acceptors (Lipinski definition) is 3. The van der Waals surface area contributed by atoms with Gasteiger partial charge in [-0.25, -0.2) is 0 Å². The molecule has 2 aliphatic heterocycles. The number of nitrogens with one attached hydrogen (secondary N) is 2. The molecular formula is C14H27N3O. The van der Waals surface area contributed by atoms with Gasteiger partial charge < -0.3 is 15.5 Å². The second-order valence-corrected chi connectivity index (χ2v) is 6.20. The molecule has 2 fully saturated rings. The Morgan fingerprint density at radius 1 is 1.39 bits per heavy atom. The number of nitrogens with zero attached hydrogens (tertiary/aromatic N) is 1. The van der Waals surface area contributed by atoms with Gasteiger partial charge in [-0.2, -0.15) is 0 Å². The maximum Gasteiger partial charge on any atom is 0.223 e. The van der Waals surface area contributed by atoms with Gasteiger partial charge in [-0.1, -0.05) is 6.92 Å². The van der Waals surface area contributed by atoms with Crippen LogP contribution in [0.5, 0.6) is 0 Å². The second-order valence-electron chi connectivity index (χ2n) is 6.20. The van der Waals surface area contributed by atoms with Crippen LogP contribution in [0, 0.1) is 17.8 Å². The molecule has 2 rings (SSSR count). The van der Waals surface area contributed by atoms with Crippen LogP contribution in [0.25, 0.3) is 0 Å². The molecule has 18 heavy (non-hydrogen) atoms. The van der Waals surface area contributed by atoms with Crippen molar-refractivity contribution in [3.05, 3.63) is 0 Å². The van der Waals surface area contributed by atoms with E-state index in [0.717, 1.165) is 26.2 Å². The van der Waals surface area contributed by atoms with Crippen molar-refractivity contribution in [2.75, 3.05) is 32.7 Å². The van der Waals surface area contributed by atoms with Crippen molar-refractivity contribution in [3.63, 3.8) is 0 Å². The quantitative estimate of drug-likeness (QED) is 0.757. The molecule has 4 nitrogen and oxygen atoms in total. The van der Waals surface area contributed by atoms with Gasteiger partial charge in [0.05, 0.1) is 0 Å². The Labute approximate surface area is 110 Å². The van der Waals surface area contributed by atoms with Crippen LogP contribution in [-0.4, -0.2) is 49.6 Å². The van der Waals surface area contributed by atoms with Crippen LogP contribution in [0.2, 0.25) is 0 Å². The standard InChI is InChI=1S/C14H27N3O/c1-10(2)17-5-4-12(9-17)6-16-14(18)11(3)13-7-15-8-13/h10-13,15H,4-9H2,1-3H3,(H,16,18). The van der Waals surface area contributed by atoms with Gasteiger partial charge in [0.25, 0.3) is 0 Å². The average molecular weight is 253 g/mol. The van der Waals surface area contributed by atoms with E-state index in [1.165, 1.54) is 13.0 Å². The van der Waals surface area contributed by atoms with Crippen LogP contribution >= 0.6 is 0 Å². The van der Waals surface area contributed by atoms with Crippen LogP contribution in [0.1, 0.15) is 27.2 Å². The minimum absolute atomic E-state index is 0.161. The number of carbonyl (C=O) groups excluding carboxylic acids is 1. The molecule has 0 aliphatic carbocycles. The lowest BCUT2D eigenvalue weighted by molar-refractivity contribution is -0.126. The van der Waals surface area contributed by atoms with Gasteiger partial charge in [-0.3, -0.25) is 4.79 Å². The first-order chi connectivity index (χ1) is 8.58. The van der Waals surface area contributed by atoms with E-state index in [0.29, 0.717) is 17.9 Å². The highest BCUT2D eigenvalue weighted by molar-refractivity contribution is 5.78. The van der Waals surface area contributed by atoms with E-state index in [2.05, 4.69) is 36.3 Å². The highest BCUT2D eigenvalue weighted by atomic mass is 16.1. The molecule has 4 heteroatoms. The van der Waals surface area contributed by atoms with E-state index < -0.39 is 0 Å². The molecule has 0 aromatic heterocycles. The van der Waals surface area contributed by atoms with Gasteiger partial charge in [0.1, 0.15) is 0 Å². The van der Waals surface area contributed by atoms with Gasteiger partial charge in [-0.05, 0) is 51.7 Å². The highest BCUT2D eigenvalue weighted by Gasteiger charge is 2.30. The lowest BCUT2D eigenvalue weighted by Gasteiger charge is -2.32. The number of likely N-dealkylation sites (tertiary alicyclic amines) is 1. The van der Waals surface area contributed by atoms with Gasteiger partial charge in [-0.15, -0.1) is 0 Å². The first-order valence-corrected chi connectivity index (χ1v) is 7.30. The lowest BCUT2D eigenvalue weighted by atomic mass is 9.88. The van der Waals surface area contributed by atoms with Crippen molar-refractivity contribution in [1.82, 2.24) is 15.5 Å². The summed E-state index contributed by atoms with van der Waals surface area (Å²) in [6.07, 6.45) is 1.22. The molecule has 0 spiro atoms. The van der Waals surface area contributed by atoms with Crippen LogP contribution < -0.4 is 10.6 Å². The van der Waals surface area contributed by atoms with Gasteiger partial charge in [0.15, 0.2) is 0 Å². The zero-order chi connectivity index (χ0) is 13.1. The van der Waals surface area contributed by atoms with E-state index in [4.69, 9.17) is 0 Å². The Balaban J connectivity index is 1.67. The summed E-state index contributed by atoms with van der Waals surface area (Å²) in [5, 5.41) is 6.37. The summed E-state index contributed by atoms with van der Waals surface area (Å²) < 4.78 is 0. The molecule has 2 unspecified atom stereocenters. The minimum Gasteiger partial charge on any atom is -0.356 e. The molecule has 2 atom stereocenters. The van der Waals surface area contributed by atoms with Crippen molar-refractivity contribution in [2.45, 2.75) is 33.2 Å². The number of amides is 1. The third-order valence-electron chi connectivity index (χ3n) is 4.55. The van der Waals surface area contributed by atoms with Gasteiger partial charge >= 0.3 is 0 Å². The van der Waals surface area contributed by atoms with Crippen LogP contribution in [0.15, 0.2) is 0 Å². The predicted octanol–water partition coefficient (Wildman–Crippen LogP) is 0.688. The number of rotatable bonds is 5. The molecule has 2 N–H and O–H groups in total. The van der Waals surface area contributed by atoms with Crippen molar-refractivity contribution in [3.8, 4) is 0 Å². The molecule has 104 valence electrons. The zero-order valence-electron chi connectivity index (χ0n) is 11.9. The zero-order valence-corrected chi connectivity index (χ0v) is 11.9. The average Bonchev–Trinajstić information content (AvgIpc) is 2.72. The molecule has 0 bridgehead atoms. The van der Waals surface area contributed by atoms with Crippen LogP contribution in [-0.2, 0) is 4.79 Å². The van der Waals surface area contributed by atoms with Crippen LogP contribution in [0.3, 0.4) is 0 Å². The van der Waals surface area contributed by atoms with Gasteiger partial charge in [0.2, 0.25) is 5.91 Å². The smallest absolute Gasteiger partial charge is 0.223 e. The Kier molecular flexibility index (Phi) is 4.62. The summed E-state index contributed by atoms with van der Waals surface area (Å²) in [5.74, 6) is 1.59. The molecule has 2 saturated heterocycles. The first-order valence-electron chi connectivity index (χ1n) is 7.30. The van der Waals surface area contributed by atoms with E-state index in [1.807, 2.05) is 0 Å². The predicted molar refractivity (Wildman–Crippen MR) is 73.3 cm³/mol. The molecule has 0 aromatic rings. The van der Waals surface area contributed by atoms with E-state index >= 15 is 0 Å². The third-order valence-corrected chi connectivity index (χ3v) is 4.55. The summed E-state index contributed by atoms with van der Waals surface area (Å²) in [6, 6.07) is 0.630. The van der Waals surface area contributed by atoms with Crippen molar-refractivity contribution in [2.24, 2.45) is 17.8 Å². The maximum atomic E-state index is 12.0.